The first-order valence-corrected chi connectivity index (χ1v) is 7.05. The van der Waals surface area contributed by atoms with Crippen molar-refractivity contribution in [2.45, 2.75) is 4.90 Å². The van der Waals surface area contributed by atoms with E-state index >= 15 is 0 Å². The second-order valence-corrected chi connectivity index (χ2v) is 5.32. The molecule has 0 radical (unpaired) electrons. The molecule has 0 bridgehead atoms. The number of hydrogen-bond donors (Lipinski definition) is 2. The van der Waals surface area contributed by atoms with Crippen LogP contribution in [0.4, 0.5) is 5.69 Å². The fraction of sp³-hybridized carbons (Fsp3) is 0.0833. The Bertz CT molecular complexity index is 813. The van der Waals surface area contributed by atoms with E-state index in [2.05, 4.69) is 30.6 Å². The number of nitrogens with zero attached hydrogens (tertiary/aromatic N) is 4. The van der Waals surface area contributed by atoms with E-state index in [1.165, 1.54) is 18.1 Å². The number of hydrogen-bond acceptors (Lipinski definition) is 7. The quantitative estimate of drug-likeness (QED) is 0.739. The number of nitrogens with one attached hydrogen (secondary N) is 2. The number of fused-ring (bicyclic) bond motifs is 1. The highest BCUT2D eigenvalue weighted by molar-refractivity contribution is 8.00. The van der Waals surface area contributed by atoms with Crippen LogP contribution in [0.1, 0.15) is 0 Å². The van der Waals surface area contributed by atoms with Gasteiger partial charge in [-0.3, -0.25) is 9.89 Å². The molecule has 104 valence electrons. The van der Waals surface area contributed by atoms with Gasteiger partial charge in [0.2, 0.25) is 11.7 Å². The largest absolute Gasteiger partial charge is 0.333 e. The van der Waals surface area contributed by atoms with Gasteiger partial charge in [0.1, 0.15) is 6.33 Å². The van der Waals surface area contributed by atoms with Gasteiger partial charge in [0, 0.05) is 10.5 Å². The van der Waals surface area contributed by atoms with Gasteiger partial charge in [-0.15, -0.1) is 11.8 Å². The van der Waals surface area contributed by atoms with Crippen LogP contribution in [0.3, 0.4) is 0 Å². The summed E-state index contributed by atoms with van der Waals surface area (Å²) in [6, 6.07) is 5.56. The third-order valence-electron chi connectivity index (χ3n) is 2.91. The summed E-state index contributed by atoms with van der Waals surface area (Å²) in [7, 11) is 0. The molecule has 0 saturated heterocycles. The average Bonchev–Trinajstić information content (AvgIpc) is 3.17. The Morgan fingerprint density at radius 2 is 2.29 bits per heavy atom. The van der Waals surface area contributed by atoms with Crippen LogP contribution >= 0.6 is 11.8 Å². The molecule has 0 unspecified atom stereocenters. The van der Waals surface area contributed by atoms with Gasteiger partial charge in [-0.2, -0.15) is 10.1 Å². The molecule has 4 rings (SSSR count). The third-order valence-corrected chi connectivity index (χ3v) is 3.97. The summed E-state index contributed by atoms with van der Waals surface area (Å²) < 4.78 is 5.24. The predicted molar refractivity (Wildman–Crippen MR) is 74.5 cm³/mol. The van der Waals surface area contributed by atoms with E-state index < -0.39 is 0 Å². The van der Waals surface area contributed by atoms with E-state index in [1.54, 1.807) is 0 Å². The Morgan fingerprint density at radius 3 is 3.14 bits per heavy atom. The second-order valence-electron chi connectivity index (χ2n) is 4.31. The van der Waals surface area contributed by atoms with Gasteiger partial charge in [0.05, 0.1) is 11.4 Å². The first kappa shape index (κ1) is 12.1. The number of anilines is 1. The van der Waals surface area contributed by atoms with Gasteiger partial charge in [0.15, 0.2) is 5.82 Å². The topological polar surface area (TPSA) is 110 Å². The Morgan fingerprint density at radius 1 is 1.33 bits per heavy atom. The monoisotopic (exact) mass is 300 g/mol. The molecule has 1 aliphatic heterocycles. The van der Waals surface area contributed by atoms with Crippen molar-refractivity contribution < 1.29 is 9.32 Å². The highest BCUT2D eigenvalue weighted by Gasteiger charge is 2.18. The van der Waals surface area contributed by atoms with E-state index in [9.17, 15) is 4.79 Å². The van der Waals surface area contributed by atoms with Crippen LogP contribution in [0.2, 0.25) is 0 Å². The minimum atomic E-state index is 0.00523. The zero-order valence-corrected chi connectivity index (χ0v) is 11.3. The van der Waals surface area contributed by atoms with Crippen LogP contribution in [0.5, 0.6) is 0 Å². The van der Waals surface area contributed by atoms with Crippen molar-refractivity contribution in [3.05, 3.63) is 24.5 Å². The van der Waals surface area contributed by atoms with Gasteiger partial charge in [-0.1, -0.05) is 5.16 Å². The molecule has 21 heavy (non-hydrogen) atoms. The molecular formula is C12H8N6O2S. The first-order valence-electron chi connectivity index (χ1n) is 6.06. The van der Waals surface area contributed by atoms with Crippen LogP contribution in [0.25, 0.3) is 23.1 Å². The maximum Gasteiger partial charge on any atom is 0.258 e. The zero-order chi connectivity index (χ0) is 14.2. The number of H-pyrrole nitrogens is 1. The van der Waals surface area contributed by atoms with E-state index in [0.29, 0.717) is 23.3 Å². The maximum absolute atomic E-state index is 11.3. The summed E-state index contributed by atoms with van der Waals surface area (Å²) in [5, 5.41) is 13.1. The minimum absolute atomic E-state index is 0.00523. The minimum Gasteiger partial charge on any atom is -0.333 e. The Balaban J connectivity index is 1.69. The summed E-state index contributed by atoms with van der Waals surface area (Å²) in [5.74, 6) is 1.60. The second kappa shape index (κ2) is 4.70. The lowest BCUT2D eigenvalue weighted by Gasteiger charge is -2.16. The van der Waals surface area contributed by atoms with Gasteiger partial charge in [0.25, 0.3) is 5.89 Å². The lowest BCUT2D eigenvalue weighted by Crippen LogP contribution is -2.18. The van der Waals surface area contributed by atoms with Gasteiger partial charge in [-0.05, 0) is 18.2 Å². The van der Waals surface area contributed by atoms with Crippen molar-refractivity contribution in [3.8, 4) is 23.1 Å². The highest BCUT2D eigenvalue weighted by atomic mass is 32.2. The molecule has 9 heteroatoms. The van der Waals surface area contributed by atoms with Crippen LogP contribution in [-0.2, 0) is 4.79 Å². The van der Waals surface area contributed by atoms with E-state index in [-0.39, 0.29) is 5.91 Å². The van der Waals surface area contributed by atoms with E-state index in [1.807, 2.05) is 18.2 Å². The molecule has 0 saturated carbocycles. The fourth-order valence-corrected chi connectivity index (χ4v) is 2.80. The van der Waals surface area contributed by atoms with Crippen LogP contribution < -0.4 is 5.32 Å². The molecule has 2 aromatic heterocycles. The lowest BCUT2D eigenvalue weighted by molar-refractivity contribution is -0.113. The summed E-state index contributed by atoms with van der Waals surface area (Å²) in [5.41, 5.74) is 1.59. The number of rotatable bonds is 2. The number of aromatic amines is 1. The van der Waals surface area contributed by atoms with Gasteiger partial charge < -0.3 is 9.84 Å². The Hall–Kier alpha value is -2.68. The smallest absolute Gasteiger partial charge is 0.258 e. The maximum atomic E-state index is 11.3. The Kier molecular flexibility index (Phi) is 2.71. The molecule has 8 nitrogen and oxygen atoms in total. The first-order chi connectivity index (χ1) is 10.3. The number of carbonyl (C=O) groups excluding carboxylic acids is 1. The molecule has 1 amide bonds. The van der Waals surface area contributed by atoms with E-state index in [4.69, 9.17) is 4.52 Å². The average molecular weight is 300 g/mol. The molecule has 1 aromatic carbocycles. The van der Waals surface area contributed by atoms with Crippen molar-refractivity contribution in [2.75, 3.05) is 11.1 Å². The van der Waals surface area contributed by atoms with Crippen LogP contribution in [-0.4, -0.2) is 37.0 Å². The number of thioether (sulfide) groups is 1. The summed E-state index contributed by atoms with van der Waals surface area (Å²) in [6.45, 7) is 0. The standard InChI is InChI=1S/C12H8N6O2S/c19-9-4-21-8-3-6(1-2-7(8)15-9)12-16-11(18-20-12)10-13-5-14-17-10/h1-3,5H,4H2,(H,15,19)(H,13,14,17). The molecular weight excluding hydrogens is 292 g/mol. The van der Waals surface area contributed by atoms with E-state index in [0.717, 1.165) is 16.1 Å². The Labute approximate surface area is 122 Å². The fourth-order valence-electron chi connectivity index (χ4n) is 1.96. The van der Waals surface area contributed by atoms with Gasteiger partial charge >= 0.3 is 0 Å². The summed E-state index contributed by atoms with van der Waals surface area (Å²) in [4.78, 5) is 20.6. The molecule has 3 aromatic rings. The molecule has 0 spiro atoms. The molecule has 0 atom stereocenters. The van der Waals surface area contributed by atoms with Crippen molar-refractivity contribution in [1.82, 2.24) is 25.3 Å². The van der Waals surface area contributed by atoms with Crippen molar-refractivity contribution in [1.29, 1.82) is 0 Å². The summed E-state index contributed by atoms with van der Waals surface area (Å²) in [6.07, 6.45) is 1.38. The number of benzene rings is 1. The number of amides is 1. The highest BCUT2D eigenvalue weighted by Crippen LogP contribution is 2.34. The summed E-state index contributed by atoms with van der Waals surface area (Å²) >= 11 is 1.48. The predicted octanol–water partition coefficient (Wildman–Crippen LogP) is 1.57. The number of carbonyl (C=O) groups is 1. The van der Waals surface area contributed by atoms with Crippen LogP contribution in [0, 0.1) is 0 Å². The molecule has 0 fully saturated rings. The SMILES string of the molecule is O=C1CSc2cc(-c3nc(-c4ncn[nH]4)no3)ccc2N1. The normalized spacial score (nSPS) is 13.8. The molecule has 2 N–H and O–H groups in total. The third kappa shape index (κ3) is 2.17. The molecule has 1 aliphatic rings. The molecule has 3 heterocycles. The van der Waals surface area contributed by atoms with Crippen LogP contribution in [0.15, 0.2) is 33.9 Å². The van der Waals surface area contributed by atoms with Gasteiger partial charge in [-0.25, -0.2) is 4.98 Å². The van der Waals surface area contributed by atoms with Crippen molar-refractivity contribution in [2.24, 2.45) is 0 Å². The van der Waals surface area contributed by atoms with Crippen molar-refractivity contribution >= 4 is 23.4 Å². The van der Waals surface area contributed by atoms with Crippen molar-refractivity contribution in [3.63, 3.8) is 0 Å². The molecule has 0 aliphatic carbocycles. The lowest BCUT2D eigenvalue weighted by atomic mass is 10.2. The number of aromatic nitrogens is 5. The zero-order valence-electron chi connectivity index (χ0n) is 10.5.